The minimum Gasteiger partial charge on any atom is -0.455 e. The molecule has 0 spiro atoms. The third kappa shape index (κ3) is 3.39. The highest BCUT2D eigenvalue weighted by Gasteiger charge is 2.21. The Bertz CT molecular complexity index is 1770. The molecule has 0 bridgehead atoms. The summed E-state index contributed by atoms with van der Waals surface area (Å²) in [7, 11) is 2.06. The third-order valence-electron chi connectivity index (χ3n) is 6.78. The van der Waals surface area contributed by atoms with E-state index < -0.39 is 0 Å². The lowest BCUT2D eigenvalue weighted by atomic mass is 9.93. The number of aromatic nitrogens is 1. The summed E-state index contributed by atoms with van der Waals surface area (Å²) >= 11 is 0. The number of furan rings is 1. The average Bonchev–Trinajstić information content (AvgIpc) is 3.29. The lowest BCUT2D eigenvalue weighted by Crippen LogP contribution is -2.30. The van der Waals surface area contributed by atoms with Crippen molar-refractivity contribution in [3.05, 3.63) is 114 Å². The Morgan fingerprint density at radius 3 is 2.34 bits per heavy atom. The molecule has 0 aliphatic carbocycles. The van der Waals surface area contributed by atoms with Gasteiger partial charge in [0.25, 0.3) is 0 Å². The van der Waals surface area contributed by atoms with Gasteiger partial charge in [0.2, 0.25) is 5.69 Å². The van der Waals surface area contributed by atoms with Crippen molar-refractivity contribution < 1.29 is 8.98 Å². The lowest BCUT2D eigenvalue weighted by molar-refractivity contribution is -0.660. The van der Waals surface area contributed by atoms with Crippen LogP contribution in [0.5, 0.6) is 0 Å². The second-order valence-electron chi connectivity index (χ2n) is 8.83. The van der Waals surface area contributed by atoms with Gasteiger partial charge in [-0.15, -0.1) is 0 Å². The van der Waals surface area contributed by atoms with Crippen LogP contribution in [0.3, 0.4) is 0 Å². The molecule has 3 nitrogen and oxygen atoms in total. The van der Waals surface area contributed by atoms with Crippen LogP contribution in [0.25, 0.3) is 55.4 Å². The van der Waals surface area contributed by atoms with Crippen molar-refractivity contribution in [3.63, 3.8) is 0 Å². The largest absolute Gasteiger partial charge is 0.455 e. The topological polar surface area (TPSA) is 40.8 Å². The van der Waals surface area contributed by atoms with Crippen LogP contribution in [-0.4, -0.2) is 0 Å². The molecule has 2 heterocycles. The highest BCUT2D eigenvalue weighted by atomic mass is 16.3. The Balaban J connectivity index is 1.62. The van der Waals surface area contributed by atoms with E-state index in [1.165, 1.54) is 5.56 Å². The summed E-state index contributed by atoms with van der Waals surface area (Å²) in [6.45, 7) is 2.15. The van der Waals surface area contributed by atoms with E-state index in [4.69, 9.17) is 4.42 Å². The SMILES string of the molecule is Cc1c(-c2cccc[n+]2C)ccc2oc3c(-c4cccc(-c5ccccc5)c4)c(C#N)ccc3c12. The summed E-state index contributed by atoms with van der Waals surface area (Å²) in [5, 5.41) is 12.1. The van der Waals surface area contributed by atoms with Gasteiger partial charge in [-0.05, 0) is 65.6 Å². The lowest BCUT2D eigenvalue weighted by Gasteiger charge is -2.09. The van der Waals surface area contributed by atoms with Crippen molar-refractivity contribution in [3.8, 4) is 39.6 Å². The van der Waals surface area contributed by atoms with E-state index in [1.54, 1.807) is 0 Å². The van der Waals surface area contributed by atoms with E-state index in [0.717, 1.165) is 55.4 Å². The van der Waals surface area contributed by atoms with Crippen molar-refractivity contribution in [1.29, 1.82) is 5.26 Å². The third-order valence-corrected chi connectivity index (χ3v) is 6.78. The molecule has 0 saturated carbocycles. The van der Waals surface area contributed by atoms with Gasteiger partial charge in [0, 0.05) is 34.0 Å². The van der Waals surface area contributed by atoms with Gasteiger partial charge in [0.05, 0.1) is 11.6 Å². The highest BCUT2D eigenvalue weighted by molar-refractivity contribution is 6.13. The van der Waals surface area contributed by atoms with E-state index in [9.17, 15) is 5.26 Å². The molecule has 35 heavy (non-hydrogen) atoms. The van der Waals surface area contributed by atoms with Crippen LogP contribution in [0.15, 0.2) is 108 Å². The molecule has 0 atom stereocenters. The molecule has 0 fully saturated rings. The van der Waals surface area contributed by atoms with E-state index in [0.29, 0.717) is 5.56 Å². The Hall–Kier alpha value is -4.68. The maximum absolute atomic E-state index is 9.98. The van der Waals surface area contributed by atoms with Gasteiger partial charge in [0.15, 0.2) is 6.20 Å². The summed E-state index contributed by atoms with van der Waals surface area (Å²) in [5.41, 5.74) is 9.72. The first-order valence-electron chi connectivity index (χ1n) is 11.7. The van der Waals surface area contributed by atoms with Gasteiger partial charge < -0.3 is 4.42 Å². The molecule has 0 unspecified atom stereocenters. The first kappa shape index (κ1) is 20.9. The van der Waals surface area contributed by atoms with Gasteiger partial charge in [-0.2, -0.15) is 5.26 Å². The molecular formula is C32H23N2O+. The number of nitriles is 1. The van der Waals surface area contributed by atoms with Crippen LogP contribution < -0.4 is 4.57 Å². The number of aryl methyl sites for hydroxylation is 2. The molecule has 6 rings (SSSR count). The van der Waals surface area contributed by atoms with Crippen molar-refractivity contribution >= 4 is 21.9 Å². The summed E-state index contributed by atoms with van der Waals surface area (Å²) in [5.74, 6) is 0. The van der Waals surface area contributed by atoms with Crippen molar-refractivity contribution in [1.82, 2.24) is 0 Å². The van der Waals surface area contributed by atoms with Gasteiger partial charge in [-0.1, -0.05) is 48.5 Å². The van der Waals surface area contributed by atoms with Crippen LogP contribution in [0.4, 0.5) is 0 Å². The molecule has 166 valence electrons. The zero-order valence-corrected chi connectivity index (χ0v) is 19.6. The van der Waals surface area contributed by atoms with Gasteiger partial charge >= 0.3 is 0 Å². The van der Waals surface area contributed by atoms with Crippen molar-refractivity contribution in [2.45, 2.75) is 6.92 Å². The Labute approximate surface area is 204 Å². The number of fused-ring (bicyclic) bond motifs is 3. The Kier molecular flexibility index (Phi) is 4.94. The fourth-order valence-electron chi connectivity index (χ4n) is 5.05. The minimum absolute atomic E-state index is 0.606. The molecule has 0 amide bonds. The maximum Gasteiger partial charge on any atom is 0.212 e. The Morgan fingerprint density at radius 2 is 1.54 bits per heavy atom. The molecule has 3 heteroatoms. The van der Waals surface area contributed by atoms with E-state index in [1.807, 2.05) is 48.5 Å². The molecule has 6 aromatic rings. The summed E-state index contributed by atoms with van der Waals surface area (Å²) < 4.78 is 8.60. The normalized spacial score (nSPS) is 11.1. The van der Waals surface area contributed by atoms with Gasteiger partial charge in [0.1, 0.15) is 18.2 Å². The fourth-order valence-corrected chi connectivity index (χ4v) is 5.05. The number of pyridine rings is 1. The summed E-state index contributed by atoms with van der Waals surface area (Å²) in [6.07, 6.45) is 2.06. The standard InChI is InChI=1S/C32H23N2O/c1-21-26(28-13-6-7-18-34(28)2)16-17-29-30(21)27-15-14-25(20-33)31(32(27)35-29)24-12-8-11-23(19-24)22-9-4-3-5-10-22/h3-19H,1-2H3/q+1. The minimum atomic E-state index is 0.606. The number of rotatable bonds is 3. The monoisotopic (exact) mass is 451 g/mol. The molecule has 0 aliphatic heterocycles. The molecule has 2 aromatic heterocycles. The molecule has 0 radical (unpaired) electrons. The van der Waals surface area contributed by atoms with Crippen LogP contribution >= 0.6 is 0 Å². The highest BCUT2D eigenvalue weighted by Crippen LogP contribution is 2.41. The summed E-state index contributed by atoms with van der Waals surface area (Å²) in [4.78, 5) is 0. The van der Waals surface area contributed by atoms with Crippen LogP contribution in [0.2, 0.25) is 0 Å². The smallest absolute Gasteiger partial charge is 0.212 e. The predicted octanol–water partition coefficient (Wildman–Crippen LogP) is 7.59. The average molecular weight is 452 g/mol. The molecular weight excluding hydrogens is 428 g/mol. The zero-order valence-electron chi connectivity index (χ0n) is 19.6. The predicted molar refractivity (Wildman–Crippen MR) is 141 cm³/mol. The van der Waals surface area contributed by atoms with Crippen LogP contribution in [-0.2, 0) is 7.05 Å². The van der Waals surface area contributed by atoms with Gasteiger partial charge in [-0.25, -0.2) is 4.57 Å². The molecule has 4 aromatic carbocycles. The van der Waals surface area contributed by atoms with E-state index in [-0.39, 0.29) is 0 Å². The van der Waals surface area contributed by atoms with E-state index >= 15 is 0 Å². The second kappa shape index (κ2) is 8.27. The van der Waals surface area contributed by atoms with Crippen molar-refractivity contribution in [2.75, 3.05) is 0 Å². The quantitative estimate of drug-likeness (QED) is 0.260. The fraction of sp³-hybridized carbons (Fsp3) is 0.0625. The van der Waals surface area contributed by atoms with E-state index in [2.05, 4.69) is 79.3 Å². The number of benzene rings is 4. The number of hydrogen-bond acceptors (Lipinski definition) is 2. The first-order chi connectivity index (χ1) is 17.2. The molecule has 0 aliphatic rings. The Morgan fingerprint density at radius 1 is 0.771 bits per heavy atom. The van der Waals surface area contributed by atoms with Crippen LogP contribution in [0.1, 0.15) is 11.1 Å². The summed E-state index contributed by atoms with van der Waals surface area (Å²) in [6, 6.07) is 35.3. The molecule has 0 N–H and O–H groups in total. The second-order valence-corrected chi connectivity index (χ2v) is 8.83. The van der Waals surface area contributed by atoms with Gasteiger partial charge in [-0.3, -0.25) is 0 Å². The first-order valence-corrected chi connectivity index (χ1v) is 11.7. The number of hydrogen-bond donors (Lipinski definition) is 0. The zero-order chi connectivity index (χ0) is 23.9. The molecule has 0 saturated heterocycles. The van der Waals surface area contributed by atoms with Crippen LogP contribution in [0, 0.1) is 18.3 Å². The number of nitrogens with zero attached hydrogens (tertiary/aromatic N) is 2. The van der Waals surface area contributed by atoms with Crippen molar-refractivity contribution in [2.24, 2.45) is 7.05 Å². The maximum atomic E-state index is 9.98.